The average molecular weight is 363 g/mol. The summed E-state index contributed by atoms with van der Waals surface area (Å²) in [6.45, 7) is 3.09. The van der Waals surface area contributed by atoms with Crippen LogP contribution in [0.1, 0.15) is 39.8 Å². The molecule has 0 bridgehead atoms. The number of hydrazine groups is 1. The molecule has 2 heterocycles. The summed E-state index contributed by atoms with van der Waals surface area (Å²) in [6, 6.07) is 12.4. The molecule has 7 heteroatoms. The summed E-state index contributed by atoms with van der Waals surface area (Å²) >= 11 is 0. The fourth-order valence-electron chi connectivity index (χ4n) is 2.48. The van der Waals surface area contributed by atoms with Gasteiger partial charge >= 0.3 is 0 Å². The molecule has 3 aromatic rings. The van der Waals surface area contributed by atoms with E-state index in [-0.39, 0.29) is 11.8 Å². The van der Waals surface area contributed by atoms with Crippen molar-refractivity contribution in [1.82, 2.24) is 26.1 Å². The Labute approximate surface area is 157 Å². The number of benzene rings is 1. The topological polar surface area (TPSA) is 96.0 Å². The second kappa shape index (κ2) is 8.86. The van der Waals surface area contributed by atoms with Crippen molar-refractivity contribution in [3.8, 4) is 0 Å². The van der Waals surface area contributed by atoms with E-state index < -0.39 is 0 Å². The molecule has 3 N–H and O–H groups in total. The van der Waals surface area contributed by atoms with Crippen molar-refractivity contribution in [2.24, 2.45) is 0 Å². The van der Waals surface area contributed by atoms with Crippen molar-refractivity contribution in [1.29, 1.82) is 0 Å². The van der Waals surface area contributed by atoms with Crippen LogP contribution in [0.5, 0.6) is 0 Å². The third-order valence-electron chi connectivity index (χ3n) is 3.97. The number of pyridine rings is 2. The SMILES string of the molecule is CCCNNC(=O)c1ccc(CNC(=O)c2ccc3cnccc3n2)cc1. The summed E-state index contributed by atoms with van der Waals surface area (Å²) in [5.74, 6) is -0.437. The van der Waals surface area contributed by atoms with Crippen LogP contribution in [0.25, 0.3) is 10.9 Å². The van der Waals surface area contributed by atoms with Crippen LogP contribution in [-0.2, 0) is 6.54 Å². The van der Waals surface area contributed by atoms with Crippen molar-refractivity contribution in [2.75, 3.05) is 6.54 Å². The first-order chi connectivity index (χ1) is 13.2. The predicted molar refractivity (Wildman–Crippen MR) is 103 cm³/mol. The molecule has 2 amide bonds. The largest absolute Gasteiger partial charge is 0.347 e. The molecule has 0 saturated carbocycles. The molecule has 0 spiro atoms. The summed E-state index contributed by atoms with van der Waals surface area (Å²) in [6.07, 6.45) is 4.29. The van der Waals surface area contributed by atoms with Gasteiger partial charge in [-0.3, -0.25) is 20.0 Å². The minimum absolute atomic E-state index is 0.186. The molecule has 0 saturated heterocycles. The molecular formula is C20H21N5O2. The summed E-state index contributed by atoms with van der Waals surface area (Å²) in [4.78, 5) is 32.6. The molecule has 0 aliphatic rings. The van der Waals surface area contributed by atoms with E-state index in [9.17, 15) is 9.59 Å². The minimum Gasteiger partial charge on any atom is -0.347 e. The van der Waals surface area contributed by atoms with Gasteiger partial charge in [0, 0.05) is 36.4 Å². The Morgan fingerprint density at radius 1 is 1.00 bits per heavy atom. The zero-order valence-corrected chi connectivity index (χ0v) is 15.0. The molecule has 3 rings (SSSR count). The van der Waals surface area contributed by atoms with E-state index in [4.69, 9.17) is 0 Å². The van der Waals surface area contributed by atoms with Crippen LogP contribution >= 0.6 is 0 Å². The quantitative estimate of drug-likeness (QED) is 0.442. The molecule has 0 fully saturated rings. The number of carbonyl (C=O) groups excluding carboxylic acids is 2. The molecule has 2 aromatic heterocycles. The number of fused-ring (bicyclic) bond motifs is 1. The summed E-state index contributed by atoms with van der Waals surface area (Å²) in [5, 5.41) is 3.73. The summed E-state index contributed by atoms with van der Waals surface area (Å²) in [5.41, 5.74) is 8.01. The first-order valence-corrected chi connectivity index (χ1v) is 8.78. The Bertz CT molecular complexity index is 941. The molecule has 27 heavy (non-hydrogen) atoms. The van der Waals surface area contributed by atoms with Gasteiger partial charge in [0.05, 0.1) is 5.52 Å². The third-order valence-corrected chi connectivity index (χ3v) is 3.97. The highest BCUT2D eigenvalue weighted by Crippen LogP contribution is 2.10. The Balaban J connectivity index is 1.57. The van der Waals surface area contributed by atoms with E-state index in [0.29, 0.717) is 17.8 Å². The lowest BCUT2D eigenvalue weighted by Gasteiger charge is -2.08. The van der Waals surface area contributed by atoms with Gasteiger partial charge < -0.3 is 5.32 Å². The monoisotopic (exact) mass is 363 g/mol. The Hall–Kier alpha value is -3.32. The Morgan fingerprint density at radius 3 is 2.59 bits per heavy atom. The van der Waals surface area contributed by atoms with E-state index in [1.807, 2.05) is 25.1 Å². The highest BCUT2D eigenvalue weighted by molar-refractivity contribution is 5.95. The molecule has 7 nitrogen and oxygen atoms in total. The third kappa shape index (κ3) is 4.86. The van der Waals surface area contributed by atoms with Crippen molar-refractivity contribution < 1.29 is 9.59 Å². The van der Waals surface area contributed by atoms with E-state index in [1.165, 1.54) is 0 Å². The number of hydrogen-bond acceptors (Lipinski definition) is 5. The Morgan fingerprint density at radius 2 is 1.81 bits per heavy atom. The number of carbonyl (C=O) groups is 2. The van der Waals surface area contributed by atoms with Crippen LogP contribution in [0, 0.1) is 0 Å². The van der Waals surface area contributed by atoms with Crippen molar-refractivity contribution >= 4 is 22.7 Å². The highest BCUT2D eigenvalue weighted by Gasteiger charge is 2.09. The summed E-state index contributed by atoms with van der Waals surface area (Å²) < 4.78 is 0. The number of nitrogens with zero attached hydrogens (tertiary/aromatic N) is 2. The lowest BCUT2D eigenvalue weighted by molar-refractivity contribution is 0.0928. The minimum atomic E-state index is -0.251. The number of amides is 2. The smallest absolute Gasteiger partial charge is 0.270 e. The van der Waals surface area contributed by atoms with Crippen LogP contribution in [0.2, 0.25) is 0 Å². The van der Waals surface area contributed by atoms with Crippen LogP contribution in [0.4, 0.5) is 0 Å². The number of rotatable bonds is 7. The van der Waals surface area contributed by atoms with Crippen LogP contribution in [0.3, 0.4) is 0 Å². The van der Waals surface area contributed by atoms with E-state index in [0.717, 1.165) is 29.4 Å². The predicted octanol–water partition coefficient (Wildman–Crippen LogP) is 2.20. The van der Waals surface area contributed by atoms with E-state index in [2.05, 4.69) is 26.1 Å². The van der Waals surface area contributed by atoms with Crippen LogP contribution in [0.15, 0.2) is 54.9 Å². The fourth-order valence-corrected chi connectivity index (χ4v) is 2.48. The van der Waals surface area contributed by atoms with Gasteiger partial charge in [-0.05, 0) is 42.3 Å². The normalized spacial score (nSPS) is 10.6. The zero-order valence-electron chi connectivity index (χ0n) is 15.0. The average Bonchev–Trinajstić information content (AvgIpc) is 2.72. The standard InChI is InChI=1S/C20H21N5O2/c1-2-10-23-25-19(26)15-5-3-14(4-6-15)12-22-20(27)18-8-7-16-13-21-11-9-17(16)24-18/h3-9,11,13,23H,2,10,12H2,1H3,(H,22,27)(H,25,26). The molecule has 0 atom stereocenters. The van der Waals surface area contributed by atoms with Crippen LogP contribution < -0.4 is 16.2 Å². The lowest BCUT2D eigenvalue weighted by Crippen LogP contribution is -2.37. The maximum absolute atomic E-state index is 12.3. The molecule has 0 unspecified atom stereocenters. The molecule has 0 aliphatic heterocycles. The zero-order chi connectivity index (χ0) is 19.1. The number of aromatic nitrogens is 2. The van der Waals surface area contributed by atoms with Crippen LogP contribution in [-0.4, -0.2) is 28.3 Å². The molecular weight excluding hydrogens is 342 g/mol. The maximum Gasteiger partial charge on any atom is 0.270 e. The van der Waals surface area contributed by atoms with Crippen molar-refractivity contribution in [3.63, 3.8) is 0 Å². The van der Waals surface area contributed by atoms with Gasteiger partial charge in [0.25, 0.3) is 11.8 Å². The van der Waals surface area contributed by atoms with Gasteiger partial charge in [0.15, 0.2) is 0 Å². The van der Waals surface area contributed by atoms with Gasteiger partial charge in [-0.1, -0.05) is 19.1 Å². The van der Waals surface area contributed by atoms with Crippen molar-refractivity contribution in [2.45, 2.75) is 19.9 Å². The Kier molecular flexibility index (Phi) is 6.06. The van der Waals surface area contributed by atoms with Gasteiger partial charge in [-0.15, -0.1) is 0 Å². The van der Waals surface area contributed by atoms with Gasteiger partial charge in [-0.25, -0.2) is 10.4 Å². The lowest BCUT2D eigenvalue weighted by atomic mass is 10.1. The van der Waals surface area contributed by atoms with Gasteiger partial charge in [0.1, 0.15) is 5.69 Å². The summed E-state index contributed by atoms with van der Waals surface area (Å²) in [7, 11) is 0. The van der Waals surface area contributed by atoms with Gasteiger partial charge in [0.2, 0.25) is 0 Å². The molecule has 0 aliphatic carbocycles. The fraction of sp³-hybridized carbons (Fsp3) is 0.200. The first-order valence-electron chi connectivity index (χ1n) is 8.78. The van der Waals surface area contributed by atoms with Crippen molar-refractivity contribution in [3.05, 3.63) is 71.7 Å². The molecule has 1 aromatic carbocycles. The van der Waals surface area contributed by atoms with E-state index >= 15 is 0 Å². The number of hydrogen-bond donors (Lipinski definition) is 3. The highest BCUT2D eigenvalue weighted by atomic mass is 16.2. The van der Waals surface area contributed by atoms with E-state index in [1.54, 1.807) is 36.7 Å². The molecule has 138 valence electrons. The second-order valence-electron chi connectivity index (χ2n) is 6.03. The number of nitrogens with one attached hydrogen (secondary N) is 3. The molecule has 0 radical (unpaired) electrons. The first kappa shape index (κ1) is 18.5. The maximum atomic E-state index is 12.3. The van der Waals surface area contributed by atoms with Gasteiger partial charge in [-0.2, -0.15) is 0 Å². The second-order valence-corrected chi connectivity index (χ2v) is 6.03.